The molecule has 0 aliphatic rings. The van der Waals surface area contributed by atoms with E-state index in [1.165, 1.54) is 100 Å². The minimum Gasteiger partial charge on any atom is -0.457 e. The molecule has 0 unspecified atom stereocenters. The van der Waals surface area contributed by atoms with Crippen molar-refractivity contribution in [2.45, 2.75) is 141 Å². The summed E-state index contributed by atoms with van der Waals surface area (Å²) >= 11 is 0. The van der Waals surface area contributed by atoms with Gasteiger partial charge in [-0.3, -0.25) is 0 Å². The lowest BCUT2D eigenvalue weighted by Crippen LogP contribution is -2.21. The molecular formula is C135H130O8. The highest BCUT2D eigenvalue weighted by Crippen LogP contribution is 2.40. The van der Waals surface area contributed by atoms with E-state index >= 15 is 0 Å². The van der Waals surface area contributed by atoms with E-state index in [1.807, 2.05) is 285 Å². The van der Waals surface area contributed by atoms with Gasteiger partial charge in [0, 0.05) is 16.2 Å². The predicted molar refractivity (Wildman–Crippen MR) is 594 cm³/mol. The van der Waals surface area contributed by atoms with Crippen LogP contribution in [0, 0.1) is 83.1 Å². The van der Waals surface area contributed by atoms with Gasteiger partial charge in [0.15, 0.2) is 0 Å². The largest absolute Gasteiger partial charge is 0.457 e. The van der Waals surface area contributed by atoms with E-state index in [4.69, 9.17) is 37.9 Å². The highest BCUT2D eigenvalue weighted by Gasteiger charge is 2.28. The fraction of sp³-hybridized carbons (Fsp3) is 0.156. The summed E-state index contributed by atoms with van der Waals surface area (Å²) in [7, 11) is 0. The first-order valence-electron chi connectivity index (χ1n) is 48.9. The second kappa shape index (κ2) is 48.9. The van der Waals surface area contributed by atoms with E-state index in [1.54, 1.807) is 0 Å². The molecule has 143 heavy (non-hydrogen) atoms. The SMILES string of the molecule is Cc1ccc(C(C)(C)c2ccc(C(C)(C)c3ccc(C)cc3)cc2)cc1.Cc1ccc(Oc2ccc(-c3ccc(Oc4ccc(C)cc4)cc3)cc2)cc1.Cc1ccc(Oc2ccc(-c3ccc(Oc4ccc(C)cc4)cc3)cc2)cc1.Cc1ccc(Oc2ccc(C(C)(C)c3ccc(Oc4ccc(C)cc4)cc3)cc2)cc1.Cc1ccc(Oc2ccc(C)cc2)cc1.Cc1ccc(Oc2cccc(C)c2)cc1. The molecule has 8 heteroatoms. The Hall–Kier alpha value is -16.4. The molecule has 718 valence electrons. The molecule has 0 aromatic heterocycles. The van der Waals surface area contributed by atoms with E-state index in [2.05, 4.69) is 301 Å². The van der Waals surface area contributed by atoms with Crippen molar-refractivity contribution in [2.24, 2.45) is 0 Å². The van der Waals surface area contributed by atoms with Crippen LogP contribution in [0.3, 0.4) is 0 Å². The summed E-state index contributed by atoms with van der Waals surface area (Å²) in [6.07, 6.45) is 0. The summed E-state index contributed by atoms with van der Waals surface area (Å²) in [6.45, 7) is 38.6. The monoisotopic (exact) mass is 1880 g/mol. The zero-order chi connectivity index (χ0) is 101. The zero-order valence-electron chi connectivity index (χ0n) is 85.6. The number of benzene rings is 19. The van der Waals surface area contributed by atoms with Gasteiger partial charge in [-0.1, -0.05) is 370 Å². The van der Waals surface area contributed by atoms with Crippen LogP contribution in [0.25, 0.3) is 22.3 Å². The van der Waals surface area contributed by atoms with Crippen LogP contribution in [0.1, 0.15) is 142 Å². The summed E-state index contributed by atoms with van der Waals surface area (Å²) in [5.41, 5.74) is 27.2. The molecule has 0 saturated heterocycles. The van der Waals surface area contributed by atoms with Gasteiger partial charge in [0.25, 0.3) is 0 Å². The summed E-state index contributed by atoms with van der Waals surface area (Å²) in [5.74, 6) is 13.6. The molecule has 0 aliphatic carbocycles. The molecule has 0 radical (unpaired) electrons. The maximum Gasteiger partial charge on any atom is 0.127 e. The first-order chi connectivity index (χ1) is 68.9. The van der Waals surface area contributed by atoms with E-state index in [0.29, 0.717) is 0 Å². The van der Waals surface area contributed by atoms with Crippen LogP contribution in [0.4, 0.5) is 0 Å². The van der Waals surface area contributed by atoms with E-state index in [-0.39, 0.29) is 16.2 Å². The van der Waals surface area contributed by atoms with Crippen LogP contribution >= 0.6 is 0 Å². The summed E-state index contributed by atoms with van der Waals surface area (Å²) in [5, 5.41) is 0. The van der Waals surface area contributed by atoms with Gasteiger partial charge in [-0.25, -0.2) is 0 Å². The molecule has 0 bridgehead atoms. The summed E-state index contributed by atoms with van der Waals surface area (Å²) in [4.78, 5) is 0. The lowest BCUT2D eigenvalue weighted by Gasteiger charge is -2.29. The van der Waals surface area contributed by atoms with Crippen molar-refractivity contribution in [3.63, 3.8) is 0 Å². The second-order valence-electron chi connectivity index (χ2n) is 38.3. The van der Waals surface area contributed by atoms with Crippen LogP contribution in [-0.4, -0.2) is 0 Å². The number of ether oxygens (including phenoxy) is 8. The first kappa shape index (κ1) is 102. The third-order valence-corrected chi connectivity index (χ3v) is 25.2. The van der Waals surface area contributed by atoms with Crippen molar-refractivity contribution in [3.8, 4) is 114 Å². The van der Waals surface area contributed by atoms with Crippen molar-refractivity contribution < 1.29 is 37.9 Å². The van der Waals surface area contributed by atoms with Crippen LogP contribution in [0.2, 0.25) is 0 Å². The van der Waals surface area contributed by atoms with Gasteiger partial charge in [0.05, 0.1) is 0 Å². The maximum absolute atomic E-state index is 5.97. The molecule has 0 spiro atoms. The van der Waals surface area contributed by atoms with Gasteiger partial charge in [-0.15, -0.1) is 0 Å². The van der Waals surface area contributed by atoms with Crippen LogP contribution < -0.4 is 37.9 Å². The van der Waals surface area contributed by atoms with Gasteiger partial charge in [0.2, 0.25) is 0 Å². The number of hydrogen-bond donors (Lipinski definition) is 0. The van der Waals surface area contributed by atoms with E-state index in [0.717, 1.165) is 114 Å². The van der Waals surface area contributed by atoms with Gasteiger partial charge in [0.1, 0.15) is 92.0 Å². The number of rotatable bonds is 24. The average molecular weight is 1880 g/mol. The van der Waals surface area contributed by atoms with Crippen LogP contribution in [0.5, 0.6) is 92.0 Å². The average Bonchev–Trinajstić information content (AvgIpc) is 0.785. The minimum atomic E-state index is -0.134. The predicted octanol–water partition coefficient (Wildman–Crippen LogP) is 38.5. The van der Waals surface area contributed by atoms with Crippen molar-refractivity contribution in [1.82, 2.24) is 0 Å². The molecule has 19 rings (SSSR count). The van der Waals surface area contributed by atoms with E-state index in [9.17, 15) is 0 Å². The third-order valence-electron chi connectivity index (χ3n) is 25.2. The Balaban J connectivity index is 0.000000139. The first-order valence-corrected chi connectivity index (χ1v) is 48.9. The highest BCUT2D eigenvalue weighted by atomic mass is 16.5. The Morgan fingerprint density at radius 3 is 0.371 bits per heavy atom. The Labute approximate surface area is 848 Å². The Morgan fingerprint density at radius 1 is 0.112 bits per heavy atom. The van der Waals surface area contributed by atoms with Gasteiger partial charge < -0.3 is 37.9 Å². The topological polar surface area (TPSA) is 73.8 Å². The molecule has 0 amide bonds. The smallest absolute Gasteiger partial charge is 0.127 e. The molecule has 0 N–H and O–H groups in total. The third kappa shape index (κ3) is 30.8. The number of aryl methyl sites for hydroxylation is 12. The molecule has 0 atom stereocenters. The quantitative estimate of drug-likeness (QED) is 0.0592. The standard InChI is InChI=1S/C29H28O2.2C26H22O2.C26H30.2C14H14O/c1-21-5-13-25(14-6-21)30-27-17-9-23(10-18-27)29(3,4)24-11-19-28(20-12-24)31-26-15-7-22(2)8-16-26;2*1-19-3-11-23(12-4-19)27-25-15-7-21(8-16-25)22-9-17-26(18-10-22)28-24-13-5-20(2)6-14-24;1-19-7-11-21(12-8-19)25(3,4)23-15-17-24(18-16-23)26(5,6)22-13-9-20(2)10-14-22;1-11-3-7-13(8-4-11)15-14-9-5-12(2)6-10-14;1-11-6-8-13(9-7-11)15-14-5-3-4-12(2)10-14/h5-20H,1-4H3;2*3-18H,1-2H3;7-18H,1-6H3;2*3-10H,1-2H3. The second-order valence-corrected chi connectivity index (χ2v) is 38.3. The molecule has 0 fully saturated rings. The highest BCUT2D eigenvalue weighted by molar-refractivity contribution is 5.67. The Kier molecular flexibility index (Phi) is 35.1. The van der Waals surface area contributed by atoms with Crippen molar-refractivity contribution in [2.75, 3.05) is 0 Å². The number of hydrogen-bond acceptors (Lipinski definition) is 8. The van der Waals surface area contributed by atoms with Gasteiger partial charge in [-0.05, 0) is 338 Å². The molecule has 0 heterocycles. The fourth-order valence-electron chi connectivity index (χ4n) is 15.7. The summed E-state index contributed by atoms with van der Waals surface area (Å²) < 4.78 is 46.9. The van der Waals surface area contributed by atoms with Gasteiger partial charge in [-0.2, -0.15) is 0 Å². The lowest BCUT2D eigenvalue weighted by molar-refractivity contribution is 0.480. The van der Waals surface area contributed by atoms with Gasteiger partial charge >= 0.3 is 0 Å². The zero-order valence-corrected chi connectivity index (χ0v) is 85.6. The normalized spacial score (nSPS) is 10.9. The van der Waals surface area contributed by atoms with Crippen LogP contribution in [0.15, 0.2) is 461 Å². The molecule has 0 aliphatic heterocycles. The van der Waals surface area contributed by atoms with Crippen molar-refractivity contribution >= 4 is 0 Å². The maximum atomic E-state index is 5.97. The van der Waals surface area contributed by atoms with Crippen LogP contribution in [-0.2, 0) is 16.2 Å². The molecule has 0 saturated carbocycles. The fourth-order valence-corrected chi connectivity index (χ4v) is 15.7. The van der Waals surface area contributed by atoms with E-state index < -0.39 is 0 Å². The lowest BCUT2D eigenvalue weighted by atomic mass is 9.74. The summed E-state index contributed by atoms with van der Waals surface area (Å²) in [6, 6.07) is 157. The molecule has 19 aromatic rings. The Bertz CT molecular complexity index is 6560. The Morgan fingerprint density at radius 2 is 0.224 bits per heavy atom. The van der Waals surface area contributed by atoms with Crippen molar-refractivity contribution in [3.05, 3.63) is 561 Å². The van der Waals surface area contributed by atoms with Crippen molar-refractivity contribution in [1.29, 1.82) is 0 Å². The molecular weight excluding hydrogens is 1750 g/mol. The molecule has 8 nitrogen and oxygen atoms in total. The minimum absolute atomic E-state index is 0.000230. The molecule has 19 aromatic carbocycles.